The van der Waals surface area contributed by atoms with Gasteiger partial charge in [0.05, 0.1) is 0 Å². The molecular formula is C14H12BrFO2. The second kappa shape index (κ2) is 5.48. The lowest BCUT2D eigenvalue weighted by Crippen LogP contribution is -2.04. The SMILES string of the molecule is CCc1ccc(C(=O)Cc2ccc(Br)cc2F)o1. The number of furan rings is 1. The van der Waals surface area contributed by atoms with E-state index in [0.29, 0.717) is 10.0 Å². The zero-order chi connectivity index (χ0) is 13.1. The lowest BCUT2D eigenvalue weighted by atomic mass is 10.1. The van der Waals surface area contributed by atoms with E-state index in [1.165, 1.54) is 6.07 Å². The van der Waals surface area contributed by atoms with Crippen molar-refractivity contribution in [2.24, 2.45) is 0 Å². The molecular weight excluding hydrogens is 299 g/mol. The highest BCUT2D eigenvalue weighted by molar-refractivity contribution is 9.10. The first-order valence-electron chi connectivity index (χ1n) is 5.66. The number of carbonyl (C=O) groups excluding carboxylic acids is 1. The molecule has 2 aromatic rings. The van der Waals surface area contributed by atoms with Crippen LogP contribution in [0.5, 0.6) is 0 Å². The molecule has 2 nitrogen and oxygen atoms in total. The Labute approximate surface area is 113 Å². The number of hydrogen-bond acceptors (Lipinski definition) is 2. The lowest BCUT2D eigenvalue weighted by molar-refractivity contribution is 0.0963. The molecule has 0 amide bonds. The van der Waals surface area contributed by atoms with Crippen LogP contribution in [0.4, 0.5) is 4.39 Å². The van der Waals surface area contributed by atoms with Crippen LogP contribution in [0, 0.1) is 5.82 Å². The molecule has 1 aromatic heterocycles. The van der Waals surface area contributed by atoms with Crippen LogP contribution >= 0.6 is 15.9 Å². The van der Waals surface area contributed by atoms with Crippen LogP contribution < -0.4 is 0 Å². The van der Waals surface area contributed by atoms with Crippen LogP contribution in [-0.2, 0) is 12.8 Å². The molecule has 1 aromatic carbocycles. The molecule has 0 spiro atoms. The zero-order valence-electron chi connectivity index (χ0n) is 9.87. The quantitative estimate of drug-likeness (QED) is 0.793. The predicted octanol–water partition coefficient (Wildman–Crippen LogP) is 4.17. The number of carbonyl (C=O) groups is 1. The molecule has 0 aliphatic rings. The highest BCUT2D eigenvalue weighted by Crippen LogP contribution is 2.18. The minimum Gasteiger partial charge on any atom is -0.458 e. The Morgan fingerprint density at radius 3 is 2.72 bits per heavy atom. The number of benzene rings is 1. The highest BCUT2D eigenvalue weighted by atomic mass is 79.9. The summed E-state index contributed by atoms with van der Waals surface area (Å²) in [7, 11) is 0. The molecule has 0 aliphatic heterocycles. The largest absolute Gasteiger partial charge is 0.458 e. The molecule has 1 heterocycles. The van der Waals surface area contributed by atoms with Crippen LogP contribution in [0.1, 0.15) is 28.8 Å². The van der Waals surface area contributed by atoms with E-state index in [2.05, 4.69) is 15.9 Å². The minimum absolute atomic E-state index is 0.00970. The molecule has 0 unspecified atom stereocenters. The summed E-state index contributed by atoms with van der Waals surface area (Å²) >= 11 is 3.18. The maximum absolute atomic E-state index is 13.6. The number of aryl methyl sites for hydroxylation is 1. The number of ketones is 1. The Hall–Kier alpha value is -1.42. The van der Waals surface area contributed by atoms with Gasteiger partial charge in [-0.25, -0.2) is 4.39 Å². The average molecular weight is 311 g/mol. The van der Waals surface area contributed by atoms with Gasteiger partial charge in [-0.05, 0) is 29.8 Å². The van der Waals surface area contributed by atoms with Gasteiger partial charge in [0.2, 0.25) is 5.78 Å². The Bertz CT molecular complexity index is 575. The standard InChI is InChI=1S/C14H12BrFO2/c1-2-11-5-6-14(18-11)13(17)7-9-3-4-10(15)8-12(9)16/h3-6,8H,2,7H2,1H3. The Morgan fingerprint density at radius 2 is 2.11 bits per heavy atom. The van der Waals surface area contributed by atoms with Crippen molar-refractivity contribution in [1.29, 1.82) is 0 Å². The maximum Gasteiger partial charge on any atom is 0.202 e. The van der Waals surface area contributed by atoms with Crippen molar-refractivity contribution in [3.63, 3.8) is 0 Å². The van der Waals surface area contributed by atoms with Crippen molar-refractivity contribution >= 4 is 21.7 Å². The summed E-state index contributed by atoms with van der Waals surface area (Å²) in [6, 6.07) is 8.07. The van der Waals surface area contributed by atoms with Crippen LogP contribution in [-0.4, -0.2) is 5.78 Å². The molecule has 0 N–H and O–H groups in total. The Balaban J connectivity index is 2.16. The molecule has 4 heteroatoms. The van der Waals surface area contributed by atoms with E-state index in [0.717, 1.165) is 12.2 Å². The monoisotopic (exact) mass is 310 g/mol. The van der Waals surface area contributed by atoms with Crippen LogP contribution in [0.2, 0.25) is 0 Å². The first kappa shape index (κ1) is 13.0. The highest BCUT2D eigenvalue weighted by Gasteiger charge is 2.14. The fourth-order valence-electron chi connectivity index (χ4n) is 1.64. The fourth-order valence-corrected chi connectivity index (χ4v) is 1.98. The molecule has 18 heavy (non-hydrogen) atoms. The molecule has 0 saturated heterocycles. The molecule has 0 bridgehead atoms. The molecule has 94 valence electrons. The van der Waals surface area contributed by atoms with Crippen molar-refractivity contribution in [2.45, 2.75) is 19.8 Å². The third-order valence-electron chi connectivity index (χ3n) is 2.65. The third kappa shape index (κ3) is 2.88. The summed E-state index contributed by atoms with van der Waals surface area (Å²) in [5, 5.41) is 0. The summed E-state index contributed by atoms with van der Waals surface area (Å²) in [4.78, 5) is 11.9. The Morgan fingerprint density at radius 1 is 1.33 bits per heavy atom. The van der Waals surface area contributed by atoms with Crippen molar-refractivity contribution in [1.82, 2.24) is 0 Å². The summed E-state index contributed by atoms with van der Waals surface area (Å²) in [6.45, 7) is 1.95. The number of Topliss-reactive ketones (excluding diaryl/α,β-unsaturated/α-hetero) is 1. The second-order valence-electron chi connectivity index (χ2n) is 3.96. The van der Waals surface area contributed by atoms with Gasteiger partial charge in [-0.15, -0.1) is 0 Å². The predicted molar refractivity (Wildman–Crippen MR) is 70.2 cm³/mol. The number of rotatable bonds is 4. The van der Waals surface area contributed by atoms with Crippen molar-refractivity contribution in [2.75, 3.05) is 0 Å². The topological polar surface area (TPSA) is 30.2 Å². The van der Waals surface area contributed by atoms with E-state index in [1.54, 1.807) is 24.3 Å². The van der Waals surface area contributed by atoms with Crippen LogP contribution in [0.15, 0.2) is 39.2 Å². The summed E-state index contributed by atoms with van der Waals surface area (Å²) in [5.41, 5.74) is 0.373. The number of hydrogen-bond donors (Lipinski definition) is 0. The van der Waals surface area contributed by atoms with Crippen molar-refractivity contribution < 1.29 is 13.6 Å². The van der Waals surface area contributed by atoms with Crippen LogP contribution in [0.3, 0.4) is 0 Å². The Kier molecular flexibility index (Phi) is 3.97. The molecule has 0 aliphatic carbocycles. The van der Waals surface area contributed by atoms with Gasteiger partial charge in [-0.2, -0.15) is 0 Å². The van der Waals surface area contributed by atoms with Crippen LogP contribution in [0.25, 0.3) is 0 Å². The van der Waals surface area contributed by atoms with E-state index >= 15 is 0 Å². The summed E-state index contributed by atoms with van der Waals surface area (Å²) in [5.74, 6) is 0.444. The van der Waals surface area contributed by atoms with Crippen molar-refractivity contribution in [3.8, 4) is 0 Å². The van der Waals surface area contributed by atoms with E-state index in [4.69, 9.17) is 4.42 Å². The molecule has 0 fully saturated rings. The lowest BCUT2D eigenvalue weighted by Gasteiger charge is -2.01. The van der Waals surface area contributed by atoms with Crippen molar-refractivity contribution in [3.05, 3.63) is 57.7 Å². The van der Waals surface area contributed by atoms with Gasteiger partial charge >= 0.3 is 0 Å². The fraction of sp³-hybridized carbons (Fsp3) is 0.214. The average Bonchev–Trinajstić information content (AvgIpc) is 2.81. The van der Waals surface area contributed by atoms with Gasteiger partial charge in [-0.3, -0.25) is 4.79 Å². The van der Waals surface area contributed by atoms with E-state index in [-0.39, 0.29) is 23.8 Å². The summed E-state index contributed by atoms with van der Waals surface area (Å²) in [6.07, 6.45) is 0.746. The second-order valence-corrected chi connectivity index (χ2v) is 4.87. The third-order valence-corrected chi connectivity index (χ3v) is 3.14. The van der Waals surface area contributed by atoms with Gasteiger partial charge in [0.25, 0.3) is 0 Å². The zero-order valence-corrected chi connectivity index (χ0v) is 11.5. The molecule has 0 atom stereocenters. The van der Waals surface area contributed by atoms with E-state index in [9.17, 15) is 9.18 Å². The van der Waals surface area contributed by atoms with Gasteiger partial charge in [-0.1, -0.05) is 28.9 Å². The van der Waals surface area contributed by atoms with Gasteiger partial charge in [0, 0.05) is 17.3 Å². The summed E-state index contributed by atoms with van der Waals surface area (Å²) < 4.78 is 19.6. The number of halogens is 2. The van der Waals surface area contributed by atoms with Gasteiger partial charge in [0.15, 0.2) is 5.76 Å². The first-order chi connectivity index (χ1) is 8.60. The minimum atomic E-state index is -0.389. The molecule has 2 rings (SSSR count). The molecule has 0 saturated carbocycles. The first-order valence-corrected chi connectivity index (χ1v) is 6.45. The molecule has 0 radical (unpaired) electrons. The van der Waals surface area contributed by atoms with Gasteiger partial charge < -0.3 is 4.42 Å². The van der Waals surface area contributed by atoms with Gasteiger partial charge in [0.1, 0.15) is 11.6 Å². The van der Waals surface area contributed by atoms with E-state index in [1.807, 2.05) is 6.92 Å². The van der Waals surface area contributed by atoms with E-state index < -0.39 is 0 Å². The normalized spacial score (nSPS) is 10.6. The maximum atomic E-state index is 13.6. The smallest absolute Gasteiger partial charge is 0.202 e.